The highest BCUT2D eigenvalue weighted by Crippen LogP contribution is 1.50. The van der Waals surface area contributed by atoms with Crippen molar-refractivity contribution in [1.82, 2.24) is 5.48 Å². The normalized spacial score (nSPS) is 8.14. The van der Waals surface area contributed by atoms with Crippen molar-refractivity contribution in [3.63, 3.8) is 0 Å². The van der Waals surface area contributed by atoms with Gasteiger partial charge in [0.1, 0.15) is 0 Å². The maximum atomic E-state index is 9.35. The molecule has 0 aromatic carbocycles. The summed E-state index contributed by atoms with van der Waals surface area (Å²) in [5, 5.41) is 0. The Morgan fingerprint density at radius 3 is 3.00 bits per heavy atom. The number of rotatable bonds is 4. The zero-order valence-electron chi connectivity index (χ0n) is 3.89. The van der Waals surface area contributed by atoms with Crippen LogP contribution in [-0.4, -0.2) is 19.6 Å². The van der Waals surface area contributed by atoms with Crippen LogP contribution in [0.1, 0.15) is 0 Å². The number of carbonyl (C=O) groups excluding carboxylic acids is 1. The summed E-state index contributed by atoms with van der Waals surface area (Å²) < 4.78 is 0. The van der Waals surface area contributed by atoms with Gasteiger partial charge in [0, 0.05) is 13.1 Å². The van der Waals surface area contributed by atoms with E-state index >= 15 is 0 Å². The van der Waals surface area contributed by atoms with Gasteiger partial charge in [-0.25, -0.2) is 0 Å². The molecule has 0 aromatic heterocycles. The van der Waals surface area contributed by atoms with Crippen LogP contribution in [0.4, 0.5) is 0 Å². The van der Waals surface area contributed by atoms with Crippen molar-refractivity contribution in [2.24, 2.45) is 5.73 Å². The van der Waals surface area contributed by atoms with Gasteiger partial charge in [0.2, 0.25) is 0 Å². The summed E-state index contributed by atoms with van der Waals surface area (Å²) in [4.78, 5) is 13.4. The molecular formula is C3H8N2O2. The SMILES string of the molecule is NCCNOC=O. The van der Waals surface area contributed by atoms with Gasteiger partial charge >= 0.3 is 6.47 Å². The molecule has 0 atom stereocenters. The molecule has 0 aliphatic carbocycles. The van der Waals surface area contributed by atoms with Crippen molar-refractivity contribution >= 4 is 6.47 Å². The number of nitrogens with one attached hydrogen (secondary N) is 1. The van der Waals surface area contributed by atoms with Gasteiger partial charge in [-0.2, -0.15) is 5.48 Å². The van der Waals surface area contributed by atoms with E-state index in [1.807, 2.05) is 0 Å². The molecule has 7 heavy (non-hydrogen) atoms. The van der Waals surface area contributed by atoms with Crippen LogP contribution in [0.2, 0.25) is 0 Å². The molecule has 0 aliphatic rings. The zero-order valence-corrected chi connectivity index (χ0v) is 3.89. The third kappa shape index (κ3) is 5.39. The van der Waals surface area contributed by atoms with E-state index in [4.69, 9.17) is 5.73 Å². The Morgan fingerprint density at radius 1 is 1.86 bits per heavy atom. The van der Waals surface area contributed by atoms with Crippen LogP contribution in [-0.2, 0) is 9.63 Å². The monoisotopic (exact) mass is 104 g/mol. The van der Waals surface area contributed by atoms with Crippen LogP contribution in [0.5, 0.6) is 0 Å². The zero-order chi connectivity index (χ0) is 5.54. The highest BCUT2D eigenvalue weighted by atomic mass is 16.7. The second-order valence-electron chi connectivity index (χ2n) is 0.897. The summed E-state index contributed by atoms with van der Waals surface area (Å²) in [5.74, 6) is 0. The van der Waals surface area contributed by atoms with Crippen LogP contribution in [0.25, 0.3) is 0 Å². The molecule has 42 valence electrons. The lowest BCUT2D eigenvalue weighted by Crippen LogP contribution is -2.21. The third-order valence-corrected chi connectivity index (χ3v) is 0.378. The van der Waals surface area contributed by atoms with E-state index in [1.54, 1.807) is 0 Å². The number of hydroxylamine groups is 1. The van der Waals surface area contributed by atoms with E-state index in [0.29, 0.717) is 19.6 Å². The molecule has 0 aliphatic heterocycles. The van der Waals surface area contributed by atoms with Gasteiger partial charge < -0.3 is 10.6 Å². The Bertz CT molecular complexity index is 48.2. The Hall–Kier alpha value is -0.610. The molecule has 3 N–H and O–H groups in total. The number of carbonyl (C=O) groups is 1. The molecule has 0 saturated carbocycles. The second kappa shape index (κ2) is 5.39. The average molecular weight is 104 g/mol. The fourth-order valence-electron chi connectivity index (χ4n) is 0.152. The van der Waals surface area contributed by atoms with Gasteiger partial charge in [-0.05, 0) is 0 Å². The molecule has 0 spiro atoms. The van der Waals surface area contributed by atoms with Crippen LogP contribution in [0, 0.1) is 0 Å². The molecule has 0 radical (unpaired) electrons. The lowest BCUT2D eigenvalue weighted by atomic mass is 10.7. The van der Waals surface area contributed by atoms with E-state index in [2.05, 4.69) is 10.3 Å². The van der Waals surface area contributed by atoms with Gasteiger partial charge in [0.15, 0.2) is 0 Å². The largest absolute Gasteiger partial charge is 0.374 e. The van der Waals surface area contributed by atoms with E-state index in [0.717, 1.165) is 0 Å². The molecule has 0 saturated heterocycles. The van der Waals surface area contributed by atoms with Gasteiger partial charge in [0.25, 0.3) is 0 Å². The predicted octanol–water partition coefficient (Wildman–Crippen LogP) is -1.38. The van der Waals surface area contributed by atoms with E-state index < -0.39 is 0 Å². The summed E-state index contributed by atoms with van der Waals surface area (Å²) in [6.07, 6.45) is 0. The van der Waals surface area contributed by atoms with Gasteiger partial charge in [-0.3, -0.25) is 4.79 Å². The minimum absolute atomic E-state index is 0.315. The summed E-state index contributed by atoms with van der Waals surface area (Å²) in [5.41, 5.74) is 7.30. The number of nitrogens with two attached hydrogens (primary N) is 1. The molecule has 0 heterocycles. The molecule has 0 rings (SSSR count). The predicted molar refractivity (Wildman–Crippen MR) is 24.2 cm³/mol. The Balaban J connectivity index is 2.56. The fraction of sp³-hybridized carbons (Fsp3) is 0.667. The number of hydrogen-bond acceptors (Lipinski definition) is 4. The molecule has 4 nitrogen and oxygen atoms in total. The van der Waals surface area contributed by atoms with Gasteiger partial charge in [-0.15, -0.1) is 0 Å². The molecule has 0 unspecified atom stereocenters. The first kappa shape index (κ1) is 6.39. The first-order valence-corrected chi connectivity index (χ1v) is 1.94. The van der Waals surface area contributed by atoms with Crippen molar-refractivity contribution < 1.29 is 9.63 Å². The van der Waals surface area contributed by atoms with Gasteiger partial charge in [-0.1, -0.05) is 0 Å². The van der Waals surface area contributed by atoms with E-state index in [1.165, 1.54) is 0 Å². The maximum Gasteiger partial charge on any atom is 0.312 e. The van der Waals surface area contributed by atoms with Crippen molar-refractivity contribution in [2.75, 3.05) is 13.1 Å². The van der Waals surface area contributed by atoms with E-state index in [9.17, 15) is 4.79 Å². The van der Waals surface area contributed by atoms with Crippen LogP contribution < -0.4 is 11.2 Å². The summed E-state index contributed by atoms with van der Waals surface area (Å²) in [6.45, 7) is 1.28. The third-order valence-electron chi connectivity index (χ3n) is 0.378. The minimum Gasteiger partial charge on any atom is -0.374 e. The molecule has 0 fully saturated rings. The number of hydrogen-bond donors (Lipinski definition) is 2. The Labute approximate surface area is 41.6 Å². The maximum absolute atomic E-state index is 9.35. The fourth-order valence-corrected chi connectivity index (χ4v) is 0.152. The highest BCUT2D eigenvalue weighted by Gasteiger charge is 1.75. The van der Waals surface area contributed by atoms with Crippen molar-refractivity contribution in [1.29, 1.82) is 0 Å². The topological polar surface area (TPSA) is 64.3 Å². The van der Waals surface area contributed by atoms with Crippen molar-refractivity contribution in [3.8, 4) is 0 Å². The summed E-state index contributed by atoms with van der Waals surface area (Å²) >= 11 is 0. The standard InChI is InChI=1S/C3H8N2O2/c4-1-2-5-7-3-6/h3,5H,1-2,4H2. The quantitative estimate of drug-likeness (QED) is 0.262. The van der Waals surface area contributed by atoms with Crippen molar-refractivity contribution in [3.05, 3.63) is 0 Å². The van der Waals surface area contributed by atoms with E-state index in [-0.39, 0.29) is 0 Å². The smallest absolute Gasteiger partial charge is 0.312 e. The Kier molecular flexibility index (Phi) is 4.92. The molecule has 4 heteroatoms. The highest BCUT2D eigenvalue weighted by molar-refractivity contribution is 5.36. The molecular weight excluding hydrogens is 96.0 g/mol. The first-order valence-electron chi connectivity index (χ1n) is 1.94. The van der Waals surface area contributed by atoms with Crippen molar-refractivity contribution in [2.45, 2.75) is 0 Å². The lowest BCUT2D eigenvalue weighted by Gasteiger charge is -1.93. The van der Waals surface area contributed by atoms with Crippen LogP contribution in [0.3, 0.4) is 0 Å². The Morgan fingerprint density at radius 2 is 2.57 bits per heavy atom. The van der Waals surface area contributed by atoms with Gasteiger partial charge in [0.05, 0.1) is 0 Å². The first-order chi connectivity index (χ1) is 3.41. The van der Waals surface area contributed by atoms with Crippen LogP contribution in [0.15, 0.2) is 0 Å². The lowest BCUT2D eigenvalue weighted by molar-refractivity contribution is -0.135. The minimum atomic E-state index is 0.315. The molecule has 0 aromatic rings. The molecule has 0 bridgehead atoms. The molecule has 0 amide bonds. The average Bonchev–Trinajstić information content (AvgIpc) is 1.69. The summed E-state index contributed by atoms with van der Waals surface area (Å²) in [6, 6.07) is 0. The second-order valence-corrected chi connectivity index (χ2v) is 0.897. The van der Waals surface area contributed by atoms with Crippen LogP contribution >= 0.6 is 0 Å². The summed E-state index contributed by atoms with van der Waals surface area (Å²) in [7, 11) is 0.